The fraction of sp³-hybridized carbons (Fsp3) is 1.00. The molecule has 2 atom stereocenters. The van der Waals surface area contributed by atoms with Gasteiger partial charge in [-0.3, -0.25) is 0 Å². The van der Waals surface area contributed by atoms with Crippen LogP contribution in [0, 0.1) is 5.92 Å². The maximum atomic E-state index is 9.78. The second-order valence-corrected chi connectivity index (χ2v) is 3.76. The molecule has 0 aromatic carbocycles. The second kappa shape index (κ2) is 4.80. The summed E-state index contributed by atoms with van der Waals surface area (Å²) in [5.74, 6) is 0.452. The third-order valence-electron chi connectivity index (χ3n) is 2.76. The lowest BCUT2D eigenvalue weighted by molar-refractivity contribution is 0.0849. The van der Waals surface area contributed by atoms with E-state index in [1.807, 2.05) is 7.05 Å². The van der Waals surface area contributed by atoms with Gasteiger partial charge in [-0.1, -0.05) is 12.8 Å². The Morgan fingerprint density at radius 1 is 1.50 bits per heavy atom. The van der Waals surface area contributed by atoms with Crippen molar-refractivity contribution in [2.75, 3.05) is 13.6 Å². The molecule has 0 aromatic heterocycles. The molecule has 3 nitrogen and oxygen atoms in total. The third kappa shape index (κ3) is 2.44. The Morgan fingerprint density at radius 3 is 2.58 bits per heavy atom. The molecule has 0 saturated heterocycles. The Morgan fingerprint density at radius 2 is 2.08 bits per heavy atom. The fourth-order valence-electron chi connectivity index (χ4n) is 2.00. The van der Waals surface area contributed by atoms with E-state index in [1.165, 1.54) is 12.8 Å². The number of aliphatic hydroxyl groups excluding tert-OH is 1. The number of likely N-dealkylation sites (N-methyl/N-ethyl adjacent to an activating group) is 1. The molecular weight excluding hydrogens is 152 g/mol. The minimum atomic E-state index is -0.306. The maximum Gasteiger partial charge on any atom is 0.0731 e. The zero-order chi connectivity index (χ0) is 8.97. The van der Waals surface area contributed by atoms with Gasteiger partial charge < -0.3 is 16.2 Å². The summed E-state index contributed by atoms with van der Waals surface area (Å²) in [4.78, 5) is 0. The smallest absolute Gasteiger partial charge is 0.0731 e. The van der Waals surface area contributed by atoms with Crippen molar-refractivity contribution in [3.05, 3.63) is 0 Å². The molecule has 2 unspecified atom stereocenters. The molecule has 1 saturated carbocycles. The zero-order valence-corrected chi connectivity index (χ0v) is 7.79. The monoisotopic (exact) mass is 172 g/mol. The van der Waals surface area contributed by atoms with Crippen LogP contribution < -0.4 is 11.1 Å². The summed E-state index contributed by atoms with van der Waals surface area (Å²) in [6.07, 6.45) is 4.51. The number of hydrogen-bond acceptors (Lipinski definition) is 3. The zero-order valence-electron chi connectivity index (χ0n) is 7.79. The molecule has 0 heterocycles. The van der Waals surface area contributed by atoms with E-state index in [0.29, 0.717) is 12.5 Å². The largest absolute Gasteiger partial charge is 0.391 e. The summed E-state index contributed by atoms with van der Waals surface area (Å²) in [5, 5.41) is 12.8. The lowest BCUT2D eigenvalue weighted by atomic mass is 9.95. The molecule has 72 valence electrons. The van der Waals surface area contributed by atoms with Crippen molar-refractivity contribution in [3.63, 3.8) is 0 Å². The van der Waals surface area contributed by atoms with Gasteiger partial charge in [0, 0.05) is 12.6 Å². The van der Waals surface area contributed by atoms with Gasteiger partial charge in [0.05, 0.1) is 6.10 Å². The first kappa shape index (κ1) is 9.96. The van der Waals surface area contributed by atoms with E-state index < -0.39 is 0 Å². The molecular formula is C9H20N2O. The summed E-state index contributed by atoms with van der Waals surface area (Å²) >= 11 is 0. The van der Waals surface area contributed by atoms with Crippen LogP contribution >= 0.6 is 0 Å². The molecule has 1 aliphatic carbocycles. The summed E-state index contributed by atoms with van der Waals surface area (Å²) in [7, 11) is 1.86. The molecule has 1 aliphatic rings. The van der Waals surface area contributed by atoms with Gasteiger partial charge in [-0.2, -0.15) is 0 Å². The quantitative estimate of drug-likeness (QED) is 0.563. The van der Waals surface area contributed by atoms with Gasteiger partial charge in [-0.25, -0.2) is 0 Å². The lowest BCUT2D eigenvalue weighted by Gasteiger charge is -2.23. The van der Waals surface area contributed by atoms with E-state index in [-0.39, 0.29) is 12.1 Å². The van der Waals surface area contributed by atoms with Gasteiger partial charge in [-0.15, -0.1) is 0 Å². The van der Waals surface area contributed by atoms with Gasteiger partial charge in [0.2, 0.25) is 0 Å². The van der Waals surface area contributed by atoms with Crippen molar-refractivity contribution in [2.45, 2.75) is 37.8 Å². The normalized spacial score (nSPS) is 24.2. The predicted octanol–water partition coefficient (Wildman–Crippen LogP) is 0.0842. The average molecular weight is 172 g/mol. The van der Waals surface area contributed by atoms with E-state index in [4.69, 9.17) is 5.73 Å². The summed E-state index contributed by atoms with van der Waals surface area (Å²) in [6, 6.07) is -0.0990. The van der Waals surface area contributed by atoms with Crippen LogP contribution in [0.2, 0.25) is 0 Å². The molecule has 1 fully saturated rings. The number of nitrogens with one attached hydrogen (secondary N) is 1. The van der Waals surface area contributed by atoms with Crippen molar-refractivity contribution in [2.24, 2.45) is 11.7 Å². The Kier molecular flexibility index (Phi) is 3.98. The van der Waals surface area contributed by atoms with E-state index in [0.717, 1.165) is 12.8 Å². The standard InChI is InChI=1S/C9H20N2O/c1-11-6-8(10)9(12)7-4-2-3-5-7/h7-9,11-12H,2-6,10H2,1H3. The SMILES string of the molecule is CNCC(N)C(O)C1CCCC1. The van der Waals surface area contributed by atoms with Crippen molar-refractivity contribution in [3.8, 4) is 0 Å². The van der Waals surface area contributed by atoms with Gasteiger partial charge in [0.15, 0.2) is 0 Å². The van der Waals surface area contributed by atoms with Crippen LogP contribution in [-0.4, -0.2) is 30.8 Å². The van der Waals surface area contributed by atoms with Crippen molar-refractivity contribution in [1.29, 1.82) is 0 Å². The highest BCUT2D eigenvalue weighted by Gasteiger charge is 2.27. The van der Waals surface area contributed by atoms with E-state index in [1.54, 1.807) is 0 Å². The van der Waals surface area contributed by atoms with Crippen LogP contribution in [0.3, 0.4) is 0 Å². The topological polar surface area (TPSA) is 58.3 Å². The van der Waals surface area contributed by atoms with Crippen LogP contribution in [0.25, 0.3) is 0 Å². The van der Waals surface area contributed by atoms with Crippen molar-refractivity contribution in [1.82, 2.24) is 5.32 Å². The lowest BCUT2D eigenvalue weighted by Crippen LogP contribution is -2.45. The number of rotatable bonds is 4. The minimum absolute atomic E-state index is 0.0990. The van der Waals surface area contributed by atoms with Gasteiger partial charge in [0.1, 0.15) is 0 Å². The van der Waals surface area contributed by atoms with Crippen molar-refractivity contribution < 1.29 is 5.11 Å². The highest BCUT2D eigenvalue weighted by Crippen LogP contribution is 2.28. The first-order valence-corrected chi connectivity index (χ1v) is 4.84. The van der Waals surface area contributed by atoms with Crippen LogP contribution in [0.15, 0.2) is 0 Å². The molecule has 0 bridgehead atoms. The summed E-state index contributed by atoms with van der Waals surface area (Å²) in [5.41, 5.74) is 5.80. The first-order valence-electron chi connectivity index (χ1n) is 4.84. The van der Waals surface area contributed by atoms with Gasteiger partial charge >= 0.3 is 0 Å². The number of hydrogen-bond donors (Lipinski definition) is 3. The third-order valence-corrected chi connectivity index (χ3v) is 2.76. The van der Waals surface area contributed by atoms with E-state index in [2.05, 4.69) is 5.32 Å². The molecule has 0 amide bonds. The van der Waals surface area contributed by atoms with Crippen LogP contribution in [-0.2, 0) is 0 Å². The molecule has 3 heteroatoms. The molecule has 0 aliphatic heterocycles. The van der Waals surface area contributed by atoms with Gasteiger partial charge in [-0.05, 0) is 25.8 Å². The molecule has 0 aromatic rings. The Balaban J connectivity index is 2.29. The van der Waals surface area contributed by atoms with Gasteiger partial charge in [0.25, 0.3) is 0 Å². The molecule has 12 heavy (non-hydrogen) atoms. The molecule has 4 N–H and O–H groups in total. The van der Waals surface area contributed by atoms with Crippen LogP contribution in [0.5, 0.6) is 0 Å². The van der Waals surface area contributed by atoms with Crippen LogP contribution in [0.4, 0.5) is 0 Å². The Bertz CT molecular complexity index is 124. The highest BCUT2D eigenvalue weighted by atomic mass is 16.3. The first-order chi connectivity index (χ1) is 5.75. The summed E-state index contributed by atoms with van der Waals surface area (Å²) in [6.45, 7) is 0.706. The Hall–Kier alpha value is -0.120. The summed E-state index contributed by atoms with van der Waals surface area (Å²) < 4.78 is 0. The minimum Gasteiger partial charge on any atom is -0.391 e. The molecule has 1 rings (SSSR count). The number of nitrogens with two attached hydrogens (primary N) is 1. The predicted molar refractivity (Wildman–Crippen MR) is 49.9 cm³/mol. The molecule has 0 spiro atoms. The fourth-order valence-corrected chi connectivity index (χ4v) is 2.00. The Labute approximate surface area is 74.3 Å². The highest BCUT2D eigenvalue weighted by molar-refractivity contribution is 4.83. The van der Waals surface area contributed by atoms with E-state index >= 15 is 0 Å². The van der Waals surface area contributed by atoms with E-state index in [9.17, 15) is 5.11 Å². The number of aliphatic hydroxyl groups is 1. The average Bonchev–Trinajstić information content (AvgIpc) is 2.55. The second-order valence-electron chi connectivity index (χ2n) is 3.76. The maximum absolute atomic E-state index is 9.78. The van der Waals surface area contributed by atoms with Crippen molar-refractivity contribution >= 4 is 0 Å². The molecule has 0 radical (unpaired) electrons. The van der Waals surface area contributed by atoms with Crippen LogP contribution in [0.1, 0.15) is 25.7 Å².